The summed E-state index contributed by atoms with van der Waals surface area (Å²) in [6, 6.07) is 5.82. The lowest BCUT2D eigenvalue weighted by Crippen LogP contribution is -2.37. The molecule has 0 saturated carbocycles. The Kier molecular flexibility index (Phi) is 3.76. The molecule has 0 radical (unpaired) electrons. The number of halogens is 1. The van der Waals surface area contributed by atoms with E-state index >= 15 is 0 Å². The number of rotatable bonds is 3. The fraction of sp³-hybridized carbons (Fsp3) is 0.200. The summed E-state index contributed by atoms with van der Waals surface area (Å²) in [7, 11) is 4.61. The molecule has 3 rings (SSSR count). The predicted molar refractivity (Wildman–Crippen MR) is 88.8 cm³/mol. The van der Waals surface area contributed by atoms with Crippen LogP contribution < -0.4 is 16.7 Å². The Labute approximate surface area is 135 Å². The van der Waals surface area contributed by atoms with Crippen LogP contribution >= 0.6 is 0 Å². The standard InChI is InChI=1S/C15H15FN6O2/c1-20-11-12(21(2)15(24)22(3)13(11)23)18-14(20)19-17-8-9-4-6-10(16)7-5-9/h4-8H,1-3H3,(H,18,19)/b17-8+. The fourth-order valence-corrected chi connectivity index (χ4v) is 2.33. The monoisotopic (exact) mass is 330 g/mol. The Bertz CT molecular complexity index is 1060. The zero-order chi connectivity index (χ0) is 17.4. The molecular formula is C15H15FN6O2. The number of hydrazone groups is 1. The van der Waals surface area contributed by atoms with Crippen molar-refractivity contribution < 1.29 is 4.39 Å². The van der Waals surface area contributed by atoms with Gasteiger partial charge >= 0.3 is 5.69 Å². The van der Waals surface area contributed by atoms with Gasteiger partial charge in [0, 0.05) is 21.1 Å². The molecule has 0 aliphatic carbocycles. The zero-order valence-electron chi connectivity index (χ0n) is 13.3. The topological polar surface area (TPSA) is 86.2 Å². The molecular weight excluding hydrogens is 315 g/mol. The number of anilines is 1. The number of imidazole rings is 1. The van der Waals surface area contributed by atoms with Crippen molar-refractivity contribution in [3.63, 3.8) is 0 Å². The molecule has 24 heavy (non-hydrogen) atoms. The molecule has 2 aromatic heterocycles. The van der Waals surface area contributed by atoms with Crippen molar-refractivity contribution in [1.82, 2.24) is 18.7 Å². The molecule has 0 aliphatic heterocycles. The maximum atomic E-state index is 12.9. The molecule has 2 heterocycles. The minimum Gasteiger partial charge on any atom is -0.306 e. The summed E-state index contributed by atoms with van der Waals surface area (Å²) in [4.78, 5) is 28.4. The number of fused-ring (bicyclic) bond motifs is 1. The third-order valence-corrected chi connectivity index (χ3v) is 3.72. The largest absolute Gasteiger partial charge is 0.332 e. The number of hydrogen-bond acceptors (Lipinski definition) is 5. The second kappa shape index (κ2) is 5.76. The summed E-state index contributed by atoms with van der Waals surface area (Å²) >= 11 is 0. The quantitative estimate of drug-likeness (QED) is 0.561. The van der Waals surface area contributed by atoms with E-state index in [0.29, 0.717) is 17.0 Å². The second-order valence-corrected chi connectivity index (χ2v) is 5.29. The highest BCUT2D eigenvalue weighted by Crippen LogP contribution is 2.13. The average molecular weight is 330 g/mol. The van der Waals surface area contributed by atoms with Crippen LogP contribution in [-0.2, 0) is 21.1 Å². The Morgan fingerprint density at radius 2 is 1.75 bits per heavy atom. The van der Waals surface area contributed by atoms with Crippen LogP contribution in [0.5, 0.6) is 0 Å². The summed E-state index contributed by atoms with van der Waals surface area (Å²) in [6.45, 7) is 0. The van der Waals surface area contributed by atoms with Crippen LogP contribution in [0.3, 0.4) is 0 Å². The number of aromatic nitrogens is 4. The molecule has 3 aromatic rings. The van der Waals surface area contributed by atoms with Gasteiger partial charge in [0.15, 0.2) is 11.2 Å². The van der Waals surface area contributed by atoms with E-state index in [-0.39, 0.29) is 11.5 Å². The molecule has 0 aliphatic rings. The highest BCUT2D eigenvalue weighted by Gasteiger charge is 2.16. The number of benzene rings is 1. The molecule has 0 bridgehead atoms. The first kappa shape index (κ1) is 15.7. The highest BCUT2D eigenvalue weighted by molar-refractivity contribution is 5.80. The number of aryl methyl sites for hydroxylation is 2. The Morgan fingerprint density at radius 1 is 1.08 bits per heavy atom. The smallest absolute Gasteiger partial charge is 0.306 e. The molecule has 1 N–H and O–H groups in total. The molecule has 0 unspecified atom stereocenters. The average Bonchev–Trinajstić information content (AvgIpc) is 2.90. The summed E-state index contributed by atoms with van der Waals surface area (Å²) < 4.78 is 16.7. The van der Waals surface area contributed by atoms with Crippen LogP contribution in [0.25, 0.3) is 11.2 Å². The van der Waals surface area contributed by atoms with Gasteiger partial charge in [-0.25, -0.2) is 14.6 Å². The number of nitrogens with one attached hydrogen (secondary N) is 1. The molecule has 0 saturated heterocycles. The Hall–Kier alpha value is -3.23. The van der Waals surface area contributed by atoms with E-state index in [1.807, 2.05) is 0 Å². The summed E-state index contributed by atoms with van der Waals surface area (Å²) in [5.74, 6) is -0.0196. The lowest BCUT2D eigenvalue weighted by atomic mass is 10.2. The number of hydrogen-bond donors (Lipinski definition) is 1. The van der Waals surface area contributed by atoms with Crippen molar-refractivity contribution in [2.75, 3.05) is 5.43 Å². The molecule has 0 amide bonds. The van der Waals surface area contributed by atoms with Gasteiger partial charge in [-0.05, 0) is 17.7 Å². The third-order valence-electron chi connectivity index (χ3n) is 3.72. The Morgan fingerprint density at radius 3 is 2.42 bits per heavy atom. The van der Waals surface area contributed by atoms with Gasteiger partial charge in [0.25, 0.3) is 5.56 Å². The van der Waals surface area contributed by atoms with Crippen LogP contribution in [0.1, 0.15) is 5.56 Å². The van der Waals surface area contributed by atoms with E-state index in [9.17, 15) is 14.0 Å². The van der Waals surface area contributed by atoms with Crippen molar-refractivity contribution in [3.8, 4) is 0 Å². The van der Waals surface area contributed by atoms with Gasteiger partial charge in [-0.3, -0.25) is 13.9 Å². The number of nitrogens with zero attached hydrogens (tertiary/aromatic N) is 5. The molecule has 124 valence electrons. The van der Waals surface area contributed by atoms with Crippen LogP contribution in [0.2, 0.25) is 0 Å². The van der Waals surface area contributed by atoms with Crippen LogP contribution in [-0.4, -0.2) is 24.9 Å². The predicted octanol–water partition coefficient (Wildman–Crippen LogP) is 0.556. The van der Waals surface area contributed by atoms with E-state index in [1.165, 1.54) is 34.5 Å². The second-order valence-electron chi connectivity index (χ2n) is 5.29. The summed E-state index contributed by atoms with van der Waals surface area (Å²) in [6.07, 6.45) is 1.50. The van der Waals surface area contributed by atoms with Crippen LogP contribution in [0.15, 0.2) is 39.0 Å². The van der Waals surface area contributed by atoms with E-state index in [0.717, 1.165) is 4.57 Å². The molecule has 8 nitrogen and oxygen atoms in total. The lowest BCUT2D eigenvalue weighted by Gasteiger charge is -2.03. The first-order valence-electron chi connectivity index (χ1n) is 7.07. The van der Waals surface area contributed by atoms with E-state index in [4.69, 9.17) is 0 Å². The van der Waals surface area contributed by atoms with Crippen molar-refractivity contribution in [2.24, 2.45) is 26.2 Å². The maximum absolute atomic E-state index is 12.9. The Balaban J connectivity index is 1.99. The normalized spacial score (nSPS) is 11.5. The van der Waals surface area contributed by atoms with Crippen molar-refractivity contribution in [3.05, 3.63) is 56.5 Å². The van der Waals surface area contributed by atoms with Gasteiger partial charge in [0.2, 0.25) is 5.95 Å². The van der Waals surface area contributed by atoms with E-state index in [1.54, 1.807) is 26.2 Å². The maximum Gasteiger partial charge on any atom is 0.332 e. The SMILES string of the molecule is Cn1c(=O)c2c(nc(N/N=C/c3ccc(F)cc3)n2C)n(C)c1=O. The van der Waals surface area contributed by atoms with E-state index in [2.05, 4.69) is 15.5 Å². The lowest BCUT2D eigenvalue weighted by molar-refractivity contribution is 0.628. The van der Waals surface area contributed by atoms with Gasteiger partial charge in [-0.1, -0.05) is 12.1 Å². The molecule has 0 spiro atoms. The fourth-order valence-electron chi connectivity index (χ4n) is 2.33. The van der Waals surface area contributed by atoms with Gasteiger partial charge in [-0.2, -0.15) is 10.1 Å². The van der Waals surface area contributed by atoms with Crippen molar-refractivity contribution in [2.45, 2.75) is 0 Å². The highest BCUT2D eigenvalue weighted by atomic mass is 19.1. The van der Waals surface area contributed by atoms with Crippen molar-refractivity contribution in [1.29, 1.82) is 0 Å². The minimum absolute atomic E-state index is 0.269. The first-order chi connectivity index (χ1) is 11.4. The third kappa shape index (κ3) is 2.49. The first-order valence-corrected chi connectivity index (χ1v) is 7.07. The summed E-state index contributed by atoms with van der Waals surface area (Å²) in [5.41, 5.74) is 3.10. The summed E-state index contributed by atoms with van der Waals surface area (Å²) in [5, 5.41) is 4.02. The molecule has 1 aromatic carbocycles. The van der Waals surface area contributed by atoms with Crippen molar-refractivity contribution >= 4 is 23.3 Å². The van der Waals surface area contributed by atoms with Gasteiger partial charge in [0.1, 0.15) is 5.82 Å². The van der Waals surface area contributed by atoms with Gasteiger partial charge in [0.05, 0.1) is 6.21 Å². The van der Waals surface area contributed by atoms with Gasteiger partial charge in [-0.15, -0.1) is 0 Å². The zero-order valence-corrected chi connectivity index (χ0v) is 13.3. The molecule has 0 fully saturated rings. The van der Waals surface area contributed by atoms with Crippen LogP contribution in [0.4, 0.5) is 10.3 Å². The van der Waals surface area contributed by atoms with Gasteiger partial charge < -0.3 is 4.57 Å². The molecule has 0 atom stereocenters. The van der Waals surface area contributed by atoms with E-state index < -0.39 is 11.2 Å². The van der Waals surface area contributed by atoms with Crippen LogP contribution in [0, 0.1) is 5.82 Å². The molecule has 9 heteroatoms. The minimum atomic E-state index is -0.452.